The number of halogens is 3. The Hall–Kier alpha value is -1.04. The van der Waals surface area contributed by atoms with Crippen molar-refractivity contribution in [3.05, 3.63) is 18.2 Å². The van der Waals surface area contributed by atoms with Gasteiger partial charge in [0.15, 0.2) is 0 Å². The molecule has 102 valence electrons. The van der Waals surface area contributed by atoms with Crippen molar-refractivity contribution in [2.75, 3.05) is 0 Å². The van der Waals surface area contributed by atoms with Crippen molar-refractivity contribution in [1.29, 1.82) is 0 Å². The summed E-state index contributed by atoms with van der Waals surface area (Å²) in [5.41, 5.74) is 0. The molecule has 2 rings (SSSR count). The third-order valence-electron chi connectivity index (χ3n) is 3.31. The third-order valence-corrected chi connectivity index (χ3v) is 3.31. The average Bonchev–Trinajstić information content (AvgIpc) is 2.77. The lowest BCUT2D eigenvalue weighted by Crippen LogP contribution is -2.47. The molecule has 1 aromatic heterocycles. The number of piperidine rings is 1. The SMILES string of the molecule is CCCn1ccnc1C1CCCC(C(F)(F)F)N1. The third kappa shape index (κ3) is 2.85. The lowest BCUT2D eigenvalue weighted by molar-refractivity contribution is -0.163. The normalized spacial score (nSPS) is 25.3. The molecule has 1 aromatic rings. The van der Waals surface area contributed by atoms with Gasteiger partial charge >= 0.3 is 6.18 Å². The van der Waals surface area contributed by atoms with Crippen molar-refractivity contribution < 1.29 is 13.2 Å². The molecule has 6 heteroatoms. The van der Waals surface area contributed by atoms with Gasteiger partial charge in [-0.05, 0) is 25.7 Å². The maximum atomic E-state index is 12.7. The topological polar surface area (TPSA) is 29.9 Å². The van der Waals surface area contributed by atoms with E-state index in [1.165, 1.54) is 0 Å². The molecule has 18 heavy (non-hydrogen) atoms. The highest BCUT2D eigenvalue weighted by atomic mass is 19.4. The van der Waals surface area contributed by atoms with Crippen LogP contribution in [0.15, 0.2) is 12.4 Å². The van der Waals surface area contributed by atoms with Crippen molar-refractivity contribution in [2.45, 2.75) is 57.4 Å². The number of nitrogens with zero attached hydrogens (tertiary/aromatic N) is 2. The average molecular weight is 261 g/mol. The van der Waals surface area contributed by atoms with Gasteiger partial charge in [0.05, 0.1) is 6.04 Å². The molecule has 2 atom stereocenters. The van der Waals surface area contributed by atoms with Crippen molar-refractivity contribution in [1.82, 2.24) is 14.9 Å². The molecule has 1 aliphatic rings. The minimum absolute atomic E-state index is 0.161. The van der Waals surface area contributed by atoms with Gasteiger partial charge in [-0.1, -0.05) is 6.92 Å². The van der Waals surface area contributed by atoms with E-state index >= 15 is 0 Å². The van der Waals surface area contributed by atoms with E-state index in [2.05, 4.69) is 10.3 Å². The Labute approximate surface area is 104 Å². The first kappa shape index (κ1) is 13.4. The second kappa shape index (κ2) is 5.30. The van der Waals surface area contributed by atoms with Gasteiger partial charge in [-0.2, -0.15) is 13.2 Å². The fraction of sp³-hybridized carbons (Fsp3) is 0.750. The smallest absolute Gasteiger partial charge is 0.334 e. The van der Waals surface area contributed by atoms with Crippen molar-refractivity contribution in [3.63, 3.8) is 0 Å². The molecule has 2 unspecified atom stereocenters. The summed E-state index contributed by atoms with van der Waals surface area (Å²) in [4.78, 5) is 4.21. The molecular weight excluding hydrogens is 243 g/mol. The van der Waals surface area contributed by atoms with Gasteiger partial charge in [0.2, 0.25) is 0 Å². The van der Waals surface area contributed by atoms with E-state index in [0.717, 1.165) is 18.8 Å². The van der Waals surface area contributed by atoms with Crippen LogP contribution in [0.3, 0.4) is 0 Å². The zero-order valence-corrected chi connectivity index (χ0v) is 10.4. The standard InChI is InChI=1S/C12H18F3N3/c1-2-7-18-8-6-16-11(18)9-4-3-5-10(17-9)12(13,14)15/h6,8-10,17H,2-5,7H2,1H3. The summed E-state index contributed by atoms with van der Waals surface area (Å²) >= 11 is 0. The van der Waals surface area contributed by atoms with Gasteiger partial charge in [-0.15, -0.1) is 0 Å². The molecule has 1 aliphatic heterocycles. The van der Waals surface area contributed by atoms with Gasteiger partial charge in [0, 0.05) is 18.9 Å². The van der Waals surface area contributed by atoms with Crippen LogP contribution in [0.4, 0.5) is 13.2 Å². The lowest BCUT2D eigenvalue weighted by Gasteiger charge is -2.32. The molecular formula is C12H18F3N3. The molecule has 0 aliphatic carbocycles. The Kier molecular flexibility index (Phi) is 3.94. The van der Waals surface area contributed by atoms with Crippen molar-refractivity contribution in [3.8, 4) is 0 Å². The monoisotopic (exact) mass is 261 g/mol. The molecule has 2 heterocycles. The Morgan fingerprint density at radius 1 is 1.44 bits per heavy atom. The fourth-order valence-electron chi connectivity index (χ4n) is 2.46. The van der Waals surface area contributed by atoms with Crippen LogP contribution in [-0.2, 0) is 6.54 Å². The van der Waals surface area contributed by atoms with Crippen LogP contribution in [0.1, 0.15) is 44.5 Å². The van der Waals surface area contributed by atoms with Crippen LogP contribution in [0, 0.1) is 0 Å². The first-order valence-electron chi connectivity index (χ1n) is 6.36. The number of hydrogen-bond donors (Lipinski definition) is 1. The Balaban J connectivity index is 2.11. The summed E-state index contributed by atoms with van der Waals surface area (Å²) in [5, 5.41) is 2.69. The number of rotatable bonds is 3. The number of alkyl halides is 3. The molecule has 1 N–H and O–H groups in total. The zero-order valence-electron chi connectivity index (χ0n) is 10.4. The first-order chi connectivity index (χ1) is 8.52. The summed E-state index contributed by atoms with van der Waals surface area (Å²) < 4.78 is 40.1. The summed E-state index contributed by atoms with van der Waals surface area (Å²) in [6.07, 6.45) is 1.73. The number of hydrogen-bond acceptors (Lipinski definition) is 2. The van der Waals surface area contributed by atoms with Crippen LogP contribution < -0.4 is 5.32 Å². The lowest BCUT2D eigenvalue weighted by atomic mass is 9.97. The Bertz CT molecular complexity index is 386. The van der Waals surface area contributed by atoms with Gasteiger partial charge < -0.3 is 4.57 Å². The summed E-state index contributed by atoms with van der Waals surface area (Å²) in [6, 6.07) is -1.69. The van der Waals surface area contributed by atoms with Crippen molar-refractivity contribution in [2.24, 2.45) is 0 Å². The van der Waals surface area contributed by atoms with Crippen LogP contribution in [0.5, 0.6) is 0 Å². The molecule has 1 fully saturated rings. The minimum Gasteiger partial charge on any atom is -0.334 e. The predicted octanol–water partition coefficient (Wildman–Crippen LogP) is 3.04. The molecule has 1 saturated heterocycles. The first-order valence-corrected chi connectivity index (χ1v) is 6.36. The van der Waals surface area contributed by atoms with Gasteiger partial charge in [0.25, 0.3) is 0 Å². The minimum atomic E-state index is -4.17. The maximum Gasteiger partial charge on any atom is 0.403 e. The summed E-state index contributed by atoms with van der Waals surface area (Å²) in [7, 11) is 0. The van der Waals surface area contributed by atoms with Crippen molar-refractivity contribution >= 4 is 0 Å². The van der Waals surface area contributed by atoms with E-state index in [4.69, 9.17) is 0 Å². The summed E-state index contributed by atoms with van der Waals surface area (Å²) in [6.45, 7) is 2.83. The Morgan fingerprint density at radius 2 is 2.22 bits per heavy atom. The number of aryl methyl sites for hydroxylation is 1. The second-order valence-electron chi connectivity index (χ2n) is 4.72. The van der Waals surface area contributed by atoms with E-state index in [0.29, 0.717) is 12.8 Å². The quantitative estimate of drug-likeness (QED) is 0.906. The second-order valence-corrected chi connectivity index (χ2v) is 4.72. The van der Waals surface area contributed by atoms with E-state index in [-0.39, 0.29) is 12.5 Å². The molecule has 0 amide bonds. The van der Waals surface area contributed by atoms with Gasteiger partial charge in [-0.3, -0.25) is 5.32 Å². The van der Waals surface area contributed by atoms with Crippen LogP contribution in [0.2, 0.25) is 0 Å². The molecule has 0 spiro atoms. The molecule has 0 aromatic carbocycles. The number of imidazole rings is 1. The van der Waals surface area contributed by atoms with E-state index < -0.39 is 12.2 Å². The fourth-order valence-corrected chi connectivity index (χ4v) is 2.46. The van der Waals surface area contributed by atoms with Crippen LogP contribution >= 0.6 is 0 Å². The number of nitrogens with one attached hydrogen (secondary N) is 1. The van der Waals surface area contributed by atoms with E-state index in [1.807, 2.05) is 17.7 Å². The van der Waals surface area contributed by atoms with E-state index in [9.17, 15) is 13.2 Å². The highest BCUT2D eigenvalue weighted by Gasteiger charge is 2.42. The van der Waals surface area contributed by atoms with Gasteiger partial charge in [0.1, 0.15) is 11.9 Å². The highest BCUT2D eigenvalue weighted by Crippen LogP contribution is 2.32. The highest BCUT2D eigenvalue weighted by molar-refractivity contribution is 5.02. The van der Waals surface area contributed by atoms with E-state index in [1.54, 1.807) is 6.20 Å². The summed E-state index contributed by atoms with van der Waals surface area (Å²) in [5.74, 6) is 0.728. The maximum absolute atomic E-state index is 12.7. The molecule has 3 nitrogen and oxygen atoms in total. The van der Waals surface area contributed by atoms with Gasteiger partial charge in [-0.25, -0.2) is 4.98 Å². The largest absolute Gasteiger partial charge is 0.403 e. The Morgan fingerprint density at radius 3 is 2.89 bits per heavy atom. The molecule has 0 saturated carbocycles. The van der Waals surface area contributed by atoms with Crippen LogP contribution in [0.25, 0.3) is 0 Å². The molecule has 0 bridgehead atoms. The molecule has 0 radical (unpaired) electrons. The predicted molar refractivity (Wildman–Crippen MR) is 62.1 cm³/mol. The zero-order chi connectivity index (χ0) is 13.2. The van der Waals surface area contributed by atoms with Crippen LogP contribution in [-0.4, -0.2) is 21.8 Å². The number of aromatic nitrogens is 2.